The van der Waals surface area contributed by atoms with Gasteiger partial charge in [-0.15, -0.1) is 0 Å². The van der Waals surface area contributed by atoms with Crippen LogP contribution in [-0.4, -0.2) is 136 Å². The summed E-state index contributed by atoms with van der Waals surface area (Å²) < 4.78 is 16.8. The summed E-state index contributed by atoms with van der Waals surface area (Å²) in [7, 11) is 3.02. The van der Waals surface area contributed by atoms with Gasteiger partial charge in [0, 0.05) is 56.7 Å². The molecular weight excluding hydrogens is 901 g/mol. The molecule has 0 saturated heterocycles. The summed E-state index contributed by atoms with van der Waals surface area (Å²) in [5, 5.41) is 8.29. The molecule has 0 saturated carbocycles. The maximum Gasteiger partial charge on any atom is 0.410 e. The van der Waals surface area contributed by atoms with Crippen molar-refractivity contribution < 1.29 is 57.4 Å². The summed E-state index contributed by atoms with van der Waals surface area (Å²) >= 11 is 0. The van der Waals surface area contributed by atoms with Gasteiger partial charge in [-0.05, 0) is 105 Å². The normalized spacial score (nSPS) is 15.4. The fourth-order valence-electron chi connectivity index (χ4n) is 7.48. The van der Waals surface area contributed by atoms with Crippen molar-refractivity contribution in [2.45, 2.75) is 177 Å². The van der Waals surface area contributed by atoms with Gasteiger partial charge in [0.2, 0.25) is 23.6 Å². The fourth-order valence-corrected chi connectivity index (χ4v) is 7.48. The lowest BCUT2D eigenvalue weighted by Gasteiger charge is -2.42. The molecule has 1 aromatic carbocycles. The number of imide groups is 1. The number of carbonyl (C=O) groups is 9. The van der Waals surface area contributed by atoms with Gasteiger partial charge < -0.3 is 35.1 Å². The summed E-state index contributed by atoms with van der Waals surface area (Å²) in [6, 6.07) is 2.20. The molecule has 0 radical (unpaired) electrons. The molecule has 0 bridgehead atoms. The molecule has 1 unspecified atom stereocenters. The van der Waals surface area contributed by atoms with E-state index in [1.807, 2.05) is 13.8 Å². The maximum atomic E-state index is 14.9. The lowest BCUT2D eigenvalue weighted by atomic mass is 9.76. The molecule has 3 N–H and O–H groups in total. The van der Waals surface area contributed by atoms with Crippen molar-refractivity contribution in [3.63, 3.8) is 0 Å². The summed E-state index contributed by atoms with van der Waals surface area (Å²) in [4.78, 5) is 124. The molecular formula is C52H80N6O12. The van der Waals surface area contributed by atoms with Crippen LogP contribution in [-0.2, 0) is 53.2 Å². The van der Waals surface area contributed by atoms with Crippen molar-refractivity contribution >= 4 is 53.5 Å². The number of carbonyl (C=O) groups excluding carboxylic acids is 9. The van der Waals surface area contributed by atoms with Gasteiger partial charge in [0.15, 0.2) is 0 Å². The number of ether oxygens (including phenoxy) is 3. The van der Waals surface area contributed by atoms with E-state index in [1.54, 1.807) is 134 Å². The Labute approximate surface area is 415 Å². The van der Waals surface area contributed by atoms with E-state index in [9.17, 15) is 43.2 Å². The summed E-state index contributed by atoms with van der Waals surface area (Å²) in [6.45, 7) is 29.5. The number of nitrogens with one attached hydrogen (secondary N) is 3. The van der Waals surface area contributed by atoms with E-state index in [2.05, 4.69) is 16.0 Å². The molecule has 0 spiro atoms. The Hall–Kier alpha value is -6.07. The third-order valence-corrected chi connectivity index (χ3v) is 11.1. The zero-order valence-electron chi connectivity index (χ0n) is 45.0. The first-order chi connectivity index (χ1) is 31.8. The smallest absolute Gasteiger partial charge is 0.410 e. The predicted octanol–water partition coefficient (Wildman–Crippen LogP) is 5.76. The first-order valence-corrected chi connectivity index (χ1v) is 23.7. The van der Waals surface area contributed by atoms with Crippen LogP contribution in [0.4, 0.5) is 4.79 Å². The van der Waals surface area contributed by atoms with E-state index < -0.39 is 105 Å². The number of esters is 2. The molecule has 4 atom stereocenters. The molecule has 0 fully saturated rings. The Balaban J connectivity index is 2.46. The van der Waals surface area contributed by atoms with Crippen molar-refractivity contribution in [2.24, 2.45) is 11.3 Å². The van der Waals surface area contributed by atoms with E-state index in [4.69, 9.17) is 14.2 Å². The molecule has 2 rings (SSSR count). The van der Waals surface area contributed by atoms with Gasteiger partial charge in [0.05, 0.1) is 11.6 Å². The lowest BCUT2D eigenvalue weighted by molar-refractivity contribution is -0.158. The number of amides is 7. The highest BCUT2D eigenvalue weighted by Gasteiger charge is 2.46. The van der Waals surface area contributed by atoms with Crippen LogP contribution in [0.25, 0.3) is 0 Å². The van der Waals surface area contributed by atoms with E-state index in [0.717, 1.165) is 17.1 Å². The summed E-state index contributed by atoms with van der Waals surface area (Å²) in [5.41, 5.74) is -3.52. The standard InChI is InChI=1S/C52H80N6O12/c1-31(2)36(30-32(3)42(62)54-35(46(66)69-50(10,11)12)24-25-37(59)53-28-29-58-38(60)26-27-39(58)61)56(18)44(64)40(48(4,5)6)55-43(63)41(57(19)47(67)70-51(13,14)15)52(16,17)34-22-20-33(21-23-34)45(65)68-49(7,8)9/h20-23,26-27,30-31,35-36,40-41H,24-25,28-29H2,1-19H3,(H,53,59)(H,54,62)(H,55,63)/b32-30+/t35-,36-,40-,41?/m1/s1. The second-order valence-electron chi connectivity index (χ2n) is 22.7. The molecule has 18 nitrogen and oxygen atoms in total. The molecule has 18 heteroatoms. The average Bonchev–Trinajstić information content (AvgIpc) is 3.52. The van der Waals surface area contributed by atoms with Gasteiger partial charge in [-0.25, -0.2) is 14.4 Å². The molecule has 1 aliphatic heterocycles. The van der Waals surface area contributed by atoms with Crippen molar-refractivity contribution in [2.75, 3.05) is 27.2 Å². The van der Waals surface area contributed by atoms with Crippen LogP contribution in [0.15, 0.2) is 48.1 Å². The van der Waals surface area contributed by atoms with Crippen molar-refractivity contribution in [3.8, 4) is 0 Å². The van der Waals surface area contributed by atoms with Crippen LogP contribution in [0, 0.1) is 11.3 Å². The van der Waals surface area contributed by atoms with Crippen molar-refractivity contribution in [1.29, 1.82) is 0 Å². The van der Waals surface area contributed by atoms with Gasteiger partial charge >= 0.3 is 18.0 Å². The minimum atomic E-state index is -1.25. The molecule has 1 aromatic rings. The maximum absolute atomic E-state index is 14.9. The van der Waals surface area contributed by atoms with Crippen molar-refractivity contribution in [3.05, 3.63) is 59.2 Å². The van der Waals surface area contributed by atoms with Crippen LogP contribution in [0.2, 0.25) is 0 Å². The van der Waals surface area contributed by atoms with Crippen LogP contribution in [0.1, 0.15) is 146 Å². The third-order valence-electron chi connectivity index (χ3n) is 11.1. The van der Waals surface area contributed by atoms with Gasteiger partial charge in [-0.3, -0.25) is 38.6 Å². The number of likely N-dealkylation sites (N-methyl/N-ethyl adjacent to an activating group) is 2. The Morgan fingerprint density at radius 2 is 1.23 bits per heavy atom. The first kappa shape index (κ1) is 60.1. The highest BCUT2D eigenvalue weighted by atomic mass is 16.6. The Morgan fingerprint density at radius 3 is 1.70 bits per heavy atom. The predicted molar refractivity (Wildman–Crippen MR) is 265 cm³/mol. The second-order valence-corrected chi connectivity index (χ2v) is 22.7. The number of benzene rings is 1. The number of hydrogen-bond acceptors (Lipinski definition) is 12. The van der Waals surface area contributed by atoms with Gasteiger partial charge in [0.25, 0.3) is 11.8 Å². The topological polar surface area (TPSA) is 227 Å². The number of rotatable bonds is 19. The minimum Gasteiger partial charge on any atom is -0.458 e. The summed E-state index contributed by atoms with van der Waals surface area (Å²) in [6.07, 6.45) is 2.76. The van der Waals surface area contributed by atoms with E-state index >= 15 is 0 Å². The SMILES string of the molecule is C/C(=C\[C@H](C(C)C)N(C)C(=O)[C@@H](NC(=O)C(N(C)C(=O)OC(C)(C)C)C(C)(C)c1ccc(C(=O)OC(C)(C)C)cc1)C(C)(C)C)C(=O)N[C@H](CCC(=O)NCCN1C(=O)C=CC1=O)C(=O)OC(C)(C)C. The van der Waals surface area contributed by atoms with Crippen LogP contribution >= 0.6 is 0 Å². The van der Waals surface area contributed by atoms with Gasteiger partial charge in [0.1, 0.15) is 34.9 Å². The van der Waals surface area contributed by atoms with Crippen LogP contribution < -0.4 is 16.0 Å². The first-order valence-electron chi connectivity index (χ1n) is 23.7. The average molecular weight is 981 g/mol. The van der Waals surface area contributed by atoms with Gasteiger partial charge in [-0.1, -0.05) is 66.7 Å². The number of hydrogen-bond donors (Lipinski definition) is 3. The van der Waals surface area contributed by atoms with E-state index in [0.29, 0.717) is 11.1 Å². The molecule has 70 heavy (non-hydrogen) atoms. The quantitative estimate of drug-likeness (QED) is 0.0651. The highest BCUT2D eigenvalue weighted by Crippen LogP contribution is 2.33. The Morgan fingerprint density at radius 1 is 0.714 bits per heavy atom. The zero-order chi connectivity index (χ0) is 54.1. The largest absolute Gasteiger partial charge is 0.458 e. The second kappa shape index (κ2) is 23.7. The molecule has 0 aliphatic carbocycles. The van der Waals surface area contributed by atoms with Crippen molar-refractivity contribution in [1.82, 2.24) is 30.7 Å². The minimum absolute atomic E-state index is 0.0132. The number of nitrogens with zero attached hydrogens (tertiary/aromatic N) is 3. The Kier molecular flexibility index (Phi) is 20.3. The lowest BCUT2D eigenvalue weighted by Crippen LogP contribution is -2.63. The Bertz CT molecular complexity index is 2150. The molecule has 0 aromatic heterocycles. The van der Waals surface area contributed by atoms with Crippen LogP contribution in [0.3, 0.4) is 0 Å². The highest BCUT2D eigenvalue weighted by molar-refractivity contribution is 6.12. The molecule has 1 aliphatic rings. The molecule has 1 heterocycles. The van der Waals surface area contributed by atoms with Crippen LogP contribution in [0.5, 0.6) is 0 Å². The zero-order valence-corrected chi connectivity index (χ0v) is 45.0. The van der Waals surface area contributed by atoms with E-state index in [-0.39, 0.29) is 37.4 Å². The molecule has 390 valence electrons. The van der Waals surface area contributed by atoms with E-state index in [1.165, 1.54) is 23.8 Å². The third kappa shape index (κ3) is 18.0. The summed E-state index contributed by atoms with van der Waals surface area (Å²) in [5.74, 6) is -4.81. The monoisotopic (exact) mass is 981 g/mol. The van der Waals surface area contributed by atoms with Gasteiger partial charge in [-0.2, -0.15) is 0 Å². The molecule has 7 amide bonds. The fraction of sp³-hybridized carbons (Fsp3) is 0.635.